The van der Waals surface area contributed by atoms with Gasteiger partial charge in [0.25, 0.3) is 5.91 Å². The van der Waals surface area contributed by atoms with E-state index in [0.29, 0.717) is 17.3 Å². The van der Waals surface area contributed by atoms with Gasteiger partial charge in [-0.15, -0.1) is 0 Å². The number of nitrogens with one attached hydrogen (secondary N) is 1. The minimum absolute atomic E-state index is 0.232. The summed E-state index contributed by atoms with van der Waals surface area (Å²) in [7, 11) is 0. The van der Waals surface area contributed by atoms with E-state index < -0.39 is 11.7 Å². The van der Waals surface area contributed by atoms with Crippen LogP contribution in [0.25, 0.3) is 0 Å². The van der Waals surface area contributed by atoms with Crippen LogP contribution < -0.4 is 10.2 Å². The number of anilines is 3. The van der Waals surface area contributed by atoms with Crippen LogP contribution >= 0.6 is 0 Å². The molecule has 0 saturated heterocycles. The van der Waals surface area contributed by atoms with E-state index in [4.69, 9.17) is 0 Å². The Bertz CT molecular complexity index is 1020. The largest absolute Gasteiger partial charge is 0.323 e. The van der Waals surface area contributed by atoms with Crippen molar-refractivity contribution in [2.24, 2.45) is 0 Å². The Morgan fingerprint density at radius 2 is 1.96 bits per heavy atom. The molecule has 0 radical (unpaired) electrons. The lowest BCUT2D eigenvalue weighted by molar-refractivity contribution is 0.102. The molecule has 1 atom stereocenters. The molecule has 2 heterocycles. The van der Waals surface area contributed by atoms with Crippen LogP contribution in [0, 0.1) is 12.7 Å². The van der Waals surface area contributed by atoms with Crippen molar-refractivity contribution in [2.45, 2.75) is 26.3 Å². The number of hydrogen-bond acceptors (Lipinski definition) is 4. The lowest BCUT2D eigenvalue weighted by atomic mass is 10.1. The topological polar surface area (TPSA) is 58.1 Å². The number of benzene rings is 2. The smallest absolute Gasteiger partial charge is 0.274 e. The number of halogens is 1. The van der Waals surface area contributed by atoms with Gasteiger partial charge in [-0.25, -0.2) is 14.4 Å². The standard InChI is InChI=1S/C21H19FN4O/c1-13-10-15-6-3-4-9-19(15)26(13)20-12-18(23-14(2)24-20)21(27)25-17-8-5-7-16(22)11-17/h3-9,11-13H,10H2,1-2H3,(H,25,27). The molecule has 0 saturated carbocycles. The maximum atomic E-state index is 13.4. The zero-order valence-corrected chi connectivity index (χ0v) is 15.1. The van der Waals surface area contributed by atoms with E-state index >= 15 is 0 Å². The fraction of sp³-hybridized carbons (Fsp3) is 0.190. The summed E-state index contributed by atoms with van der Waals surface area (Å²) >= 11 is 0. The Morgan fingerprint density at radius 1 is 1.15 bits per heavy atom. The number of amides is 1. The predicted octanol–water partition coefficient (Wildman–Crippen LogP) is 4.26. The third-order valence-electron chi connectivity index (χ3n) is 4.59. The van der Waals surface area contributed by atoms with Gasteiger partial charge in [-0.1, -0.05) is 24.3 Å². The molecule has 5 nitrogen and oxygen atoms in total. The molecule has 1 amide bonds. The van der Waals surface area contributed by atoms with Crippen molar-refractivity contribution >= 4 is 23.1 Å². The maximum Gasteiger partial charge on any atom is 0.274 e. The molecule has 0 bridgehead atoms. The highest BCUT2D eigenvalue weighted by Gasteiger charge is 2.28. The average molecular weight is 362 g/mol. The quantitative estimate of drug-likeness (QED) is 0.756. The Hall–Kier alpha value is -3.28. The highest BCUT2D eigenvalue weighted by molar-refractivity contribution is 6.03. The minimum Gasteiger partial charge on any atom is -0.323 e. The fourth-order valence-corrected chi connectivity index (χ4v) is 3.47. The van der Waals surface area contributed by atoms with Crippen LogP contribution in [0.2, 0.25) is 0 Å². The number of hydrogen-bond donors (Lipinski definition) is 1. The zero-order chi connectivity index (χ0) is 19.0. The first-order valence-corrected chi connectivity index (χ1v) is 8.81. The van der Waals surface area contributed by atoms with Crippen LogP contribution in [-0.2, 0) is 6.42 Å². The number of carbonyl (C=O) groups excluding carboxylic acids is 1. The number of aryl methyl sites for hydroxylation is 1. The van der Waals surface area contributed by atoms with E-state index in [-0.39, 0.29) is 11.7 Å². The summed E-state index contributed by atoms with van der Waals surface area (Å²) in [5.41, 5.74) is 2.99. The summed E-state index contributed by atoms with van der Waals surface area (Å²) in [5.74, 6) is 0.389. The van der Waals surface area contributed by atoms with Crippen LogP contribution in [0.1, 0.15) is 28.8 Å². The Kier molecular flexibility index (Phi) is 4.32. The maximum absolute atomic E-state index is 13.4. The zero-order valence-electron chi connectivity index (χ0n) is 15.1. The van der Waals surface area contributed by atoms with Gasteiger partial charge >= 0.3 is 0 Å². The highest BCUT2D eigenvalue weighted by atomic mass is 19.1. The summed E-state index contributed by atoms with van der Waals surface area (Å²) in [6.07, 6.45) is 0.921. The third kappa shape index (κ3) is 3.38. The third-order valence-corrected chi connectivity index (χ3v) is 4.59. The highest BCUT2D eigenvalue weighted by Crippen LogP contribution is 2.37. The molecule has 0 spiro atoms. The molecule has 1 aromatic heterocycles. The minimum atomic E-state index is -0.408. The molecule has 2 aromatic carbocycles. The van der Waals surface area contributed by atoms with Gasteiger partial charge in [0.15, 0.2) is 0 Å². The molecule has 1 N–H and O–H groups in total. The van der Waals surface area contributed by atoms with Crippen molar-refractivity contribution in [3.05, 3.63) is 77.5 Å². The van der Waals surface area contributed by atoms with Gasteiger partial charge in [-0.3, -0.25) is 4.79 Å². The molecule has 136 valence electrons. The molecule has 27 heavy (non-hydrogen) atoms. The number of para-hydroxylation sites is 1. The predicted molar refractivity (Wildman–Crippen MR) is 103 cm³/mol. The fourth-order valence-electron chi connectivity index (χ4n) is 3.47. The SMILES string of the molecule is Cc1nc(C(=O)Nc2cccc(F)c2)cc(N2c3ccccc3CC2C)n1. The van der Waals surface area contributed by atoms with E-state index in [9.17, 15) is 9.18 Å². The van der Waals surface area contributed by atoms with E-state index in [1.165, 1.54) is 17.7 Å². The van der Waals surface area contributed by atoms with Crippen molar-refractivity contribution in [2.75, 3.05) is 10.2 Å². The first-order chi connectivity index (χ1) is 13.0. The lowest BCUT2D eigenvalue weighted by Crippen LogP contribution is -2.26. The van der Waals surface area contributed by atoms with E-state index in [0.717, 1.165) is 12.1 Å². The normalized spacial score (nSPS) is 15.5. The summed E-state index contributed by atoms with van der Waals surface area (Å²) < 4.78 is 13.4. The van der Waals surface area contributed by atoms with Gasteiger partial charge in [0, 0.05) is 23.5 Å². The van der Waals surface area contributed by atoms with E-state index in [1.807, 2.05) is 12.1 Å². The molecule has 1 aliphatic heterocycles. The van der Waals surface area contributed by atoms with Crippen molar-refractivity contribution in [1.29, 1.82) is 0 Å². The number of nitrogens with zero attached hydrogens (tertiary/aromatic N) is 3. The number of carbonyl (C=O) groups is 1. The van der Waals surface area contributed by atoms with Crippen LogP contribution in [-0.4, -0.2) is 21.9 Å². The van der Waals surface area contributed by atoms with Crippen molar-refractivity contribution in [3.63, 3.8) is 0 Å². The number of aromatic nitrogens is 2. The van der Waals surface area contributed by atoms with Crippen molar-refractivity contribution in [3.8, 4) is 0 Å². The Morgan fingerprint density at radius 3 is 2.78 bits per heavy atom. The summed E-state index contributed by atoms with van der Waals surface area (Å²) in [4.78, 5) is 23.6. The molecule has 1 aliphatic rings. The molecule has 6 heteroatoms. The van der Waals surface area contributed by atoms with Gasteiger partial charge in [0.05, 0.1) is 0 Å². The molecule has 1 unspecified atom stereocenters. The van der Waals surface area contributed by atoms with Gasteiger partial charge in [0.2, 0.25) is 0 Å². The monoisotopic (exact) mass is 362 g/mol. The summed E-state index contributed by atoms with van der Waals surface area (Å²) in [6.45, 7) is 3.89. The van der Waals surface area contributed by atoms with Crippen molar-refractivity contribution in [1.82, 2.24) is 9.97 Å². The summed E-state index contributed by atoms with van der Waals surface area (Å²) in [6, 6.07) is 15.9. The molecule has 0 fully saturated rings. The van der Waals surface area contributed by atoms with Crippen molar-refractivity contribution < 1.29 is 9.18 Å². The average Bonchev–Trinajstić information content (AvgIpc) is 2.97. The summed E-state index contributed by atoms with van der Waals surface area (Å²) in [5, 5.41) is 2.69. The van der Waals surface area contributed by atoms with Crippen LogP contribution in [0.15, 0.2) is 54.6 Å². The first-order valence-electron chi connectivity index (χ1n) is 8.81. The van der Waals surface area contributed by atoms with Crippen LogP contribution in [0.4, 0.5) is 21.6 Å². The van der Waals surface area contributed by atoms with Gasteiger partial charge < -0.3 is 10.2 Å². The lowest BCUT2D eigenvalue weighted by Gasteiger charge is -2.24. The van der Waals surface area contributed by atoms with Crippen LogP contribution in [0.5, 0.6) is 0 Å². The first kappa shape index (κ1) is 17.1. The van der Waals surface area contributed by atoms with Crippen LogP contribution in [0.3, 0.4) is 0 Å². The van der Waals surface area contributed by atoms with Gasteiger partial charge in [-0.2, -0.15) is 0 Å². The van der Waals surface area contributed by atoms with Gasteiger partial charge in [-0.05, 0) is 50.1 Å². The number of rotatable bonds is 3. The molecule has 0 aliphatic carbocycles. The molecule has 3 aromatic rings. The van der Waals surface area contributed by atoms with E-state index in [1.54, 1.807) is 25.1 Å². The van der Waals surface area contributed by atoms with Gasteiger partial charge in [0.1, 0.15) is 23.2 Å². The Balaban J connectivity index is 1.67. The molecular weight excluding hydrogens is 343 g/mol. The second kappa shape index (κ2) is 6.79. The second-order valence-electron chi connectivity index (χ2n) is 6.67. The Labute approximate surface area is 156 Å². The molecular formula is C21H19FN4O. The number of fused-ring (bicyclic) bond motifs is 1. The second-order valence-corrected chi connectivity index (χ2v) is 6.67. The molecule has 4 rings (SSSR count). The van der Waals surface area contributed by atoms with E-state index in [2.05, 4.69) is 39.2 Å².